The lowest BCUT2D eigenvalue weighted by molar-refractivity contribution is 0.733. The molecule has 1 N–H and O–H groups in total. The van der Waals surface area contributed by atoms with Gasteiger partial charge in [0.05, 0.1) is 4.88 Å². The summed E-state index contributed by atoms with van der Waals surface area (Å²) < 4.78 is 0. The monoisotopic (exact) mass is 179 g/mol. The molecular weight excluding hydrogens is 166 g/mol. The fraction of sp³-hybridized carbons (Fsp3) is 0.400. The van der Waals surface area contributed by atoms with Crippen molar-refractivity contribution < 1.29 is 0 Å². The second-order valence-electron chi connectivity index (χ2n) is 2.38. The van der Waals surface area contributed by atoms with Gasteiger partial charge < -0.3 is 5.32 Å². The molecule has 1 heterocycles. The molecule has 12 heavy (non-hydrogen) atoms. The number of thiophene rings is 1. The van der Waals surface area contributed by atoms with Crippen LogP contribution in [0.1, 0.15) is 18.2 Å². The maximum atomic E-state index is 3.23. The van der Waals surface area contributed by atoms with Crippen LogP contribution in [-0.4, -0.2) is 13.1 Å². The lowest BCUT2D eigenvalue weighted by Crippen LogP contribution is -2.12. The summed E-state index contributed by atoms with van der Waals surface area (Å²) in [6.45, 7) is 4.13. The van der Waals surface area contributed by atoms with E-state index in [0.717, 1.165) is 24.4 Å². The third-order valence-corrected chi connectivity index (χ3v) is 2.19. The maximum Gasteiger partial charge on any atom is 0.0768 e. The Kier molecular flexibility index (Phi) is 4.51. The molecule has 1 rings (SSSR count). The van der Waals surface area contributed by atoms with E-state index >= 15 is 0 Å². The van der Waals surface area contributed by atoms with Gasteiger partial charge in [0.25, 0.3) is 0 Å². The van der Waals surface area contributed by atoms with Crippen LogP contribution >= 0.6 is 11.3 Å². The van der Waals surface area contributed by atoms with Crippen molar-refractivity contribution in [3.05, 3.63) is 22.4 Å². The normalized spacial score (nSPS) is 9.08. The first-order chi connectivity index (χ1) is 5.93. The SMILES string of the molecule is CCNCCC#Cc1cccs1. The Hall–Kier alpha value is -0.780. The molecule has 0 unspecified atom stereocenters. The van der Waals surface area contributed by atoms with Crippen LogP contribution in [0, 0.1) is 11.8 Å². The Morgan fingerprint density at radius 1 is 1.58 bits per heavy atom. The number of nitrogens with one attached hydrogen (secondary N) is 1. The molecule has 0 radical (unpaired) electrons. The molecule has 1 aromatic heterocycles. The quantitative estimate of drug-likeness (QED) is 0.553. The Balaban J connectivity index is 2.21. The van der Waals surface area contributed by atoms with Crippen LogP contribution in [0.25, 0.3) is 0 Å². The van der Waals surface area contributed by atoms with Crippen LogP contribution in [0.5, 0.6) is 0 Å². The van der Waals surface area contributed by atoms with Crippen molar-refractivity contribution in [2.24, 2.45) is 0 Å². The molecule has 1 aromatic rings. The van der Waals surface area contributed by atoms with E-state index in [2.05, 4.69) is 24.1 Å². The molecule has 2 heteroatoms. The molecule has 0 saturated heterocycles. The summed E-state index contributed by atoms with van der Waals surface area (Å²) >= 11 is 1.69. The molecular formula is C10H13NS. The van der Waals surface area contributed by atoms with Crippen molar-refractivity contribution in [2.75, 3.05) is 13.1 Å². The van der Waals surface area contributed by atoms with E-state index in [1.165, 1.54) is 0 Å². The van der Waals surface area contributed by atoms with Crippen molar-refractivity contribution in [3.63, 3.8) is 0 Å². The minimum absolute atomic E-state index is 0.936. The van der Waals surface area contributed by atoms with Gasteiger partial charge in [0.2, 0.25) is 0 Å². The number of rotatable bonds is 3. The highest BCUT2D eigenvalue weighted by Crippen LogP contribution is 2.05. The second kappa shape index (κ2) is 5.82. The average Bonchev–Trinajstić information content (AvgIpc) is 2.57. The van der Waals surface area contributed by atoms with Gasteiger partial charge in [-0.2, -0.15) is 0 Å². The van der Waals surface area contributed by atoms with E-state index in [1.807, 2.05) is 17.5 Å². The van der Waals surface area contributed by atoms with Gasteiger partial charge in [-0.1, -0.05) is 24.8 Å². The van der Waals surface area contributed by atoms with Gasteiger partial charge in [-0.25, -0.2) is 0 Å². The van der Waals surface area contributed by atoms with E-state index in [1.54, 1.807) is 11.3 Å². The number of hydrogen-bond donors (Lipinski definition) is 1. The highest BCUT2D eigenvalue weighted by atomic mass is 32.1. The predicted octanol–water partition coefficient (Wildman–Crippen LogP) is 2.10. The average molecular weight is 179 g/mol. The van der Waals surface area contributed by atoms with Crippen molar-refractivity contribution in [1.29, 1.82) is 0 Å². The van der Waals surface area contributed by atoms with E-state index in [4.69, 9.17) is 0 Å². The smallest absolute Gasteiger partial charge is 0.0768 e. The molecule has 0 aliphatic rings. The van der Waals surface area contributed by atoms with Crippen molar-refractivity contribution in [2.45, 2.75) is 13.3 Å². The van der Waals surface area contributed by atoms with E-state index in [0.29, 0.717) is 0 Å². The molecule has 0 bridgehead atoms. The molecule has 0 atom stereocenters. The van der Waals surface area contributed by atoms with Gasteiger partial charge in [-0.15, -0.1) is 11.3 Å². The first-order valence-electron chi connectivity index (χ1n) is 4.16. The predicted molar refractivity (Wildman–Crippen MR) is 54.4 cm³/mol. The van der Waals surface area contributed by atoms with Crippen LogP contribution in [0.3, 0.4) is 0 Å². The molecule has 0 saturated carbocycles. The Bertz CT molecular complexity index is 253. The Labute approximate surface area is 77.8 Å². The van der Waals surface area contributed by atoms with Crippen LogP contribution < -0.4 is 5.32 Å². The Morgan fingerprint density at radius 3 is 3.17 bits per heavy atom. The molecule has 64 valence electrons. The first kappa shape index (κ1) is 9.31. The van der Waals surface area contributed by atoms with Crippen LogP contribution in [0.4, 0.5) is 0 Å². The van der Waals surface area contributed by atoms with Gasteiger partial charge in [0.15, 0.2) is 0 Å². The van der Waals surface area contributed by atoms with Crippen molar-refractivity contribution in [3.8, 4) is 11.8 Å². The highest BCUT2D eigenvalue weighted by molar-refractivity contribution is 7.10. The summed E-state index contributed by atoms with van der Waals surface area (Å²) in [5.41, 5.74) is 0. The highest BCUT2D eigenvalue weighted by Gasteiger charge is 1.83. The minimum Gasteiger partial charge on any atom is -0.316 e. The van der Waals surface area contributed by atoms with Crippen LogP contribution in [-0.2, 0) is 0 Å². The van der Waals surface area contributed by atoms with E-state index in [9.17, 15) is 0 Å². The zero-order chi connectivity index (χ0) is 8.65. The Morgan fingerprint density at radius 2 is 2.50 bits per heavy atom. The van der Waals surface area contributed by atoms with E-state index in [-0.39, 0.29) is 0 Å². The molecule has 0 amide bonds. The van der Waals surface area contributed by atoms with Crippen LogP contribution in [0.15, 0.2) is 17.5 Å². The minimum atomic E-state index is 0.936. The standard InChI is InChI=1S/C10H13NS/c1-2-11-8-4-3-6-10-7-5-9-12-10/h5,7,9,11H,2,4,8H2,1H3. The van der Waals surface area contributed by atoms with Crippen molar-refractivity contribution >= 4 is 11.3 Å². The van der Waals surface area contributed by atoms with Crippen molar-refractivity contribution in [1.82, 2.24) is 5.32 Å². The maximum absolute atomic E-state index is 3.23. The lowest BCUT2D eigenvalue weighted by Gasteiger charge is -1.92. The largest absolute Gasteiger partial charge is 0.316 e. The zero-order valence-electron chi connectivity index (χ0n) is 7.26. The van der Waals surface area contributed by atoms with E-state index < -0.39 is 0 Å². The molecule has 0 spiro atoms. The summed E-state index contributed by atoms with van der Waals surface area (Å²) in [5, 5.41) is 5.28. The van der Waals surface area contributed by atoms with Gasteiger partial charge in [-0.05, 0) is 18.0 Å². The topological polar surface area (TPSA) is 12.0 Å². The third-order valence-electron chi connectivity index (χ3n) is 1.41. The molecule has 0 aliphatic heterocycles. The lowest BCUT2D eigenvalue weighted by atomic mass is 10.4. The number of hydrogen-bond acceptors (Lipinski definition) is 2. The fourth-order valence-electron chi connectivity index (χ4n) is 0.827. The summed E-state index contributed by atoms with van der Waals surface area (Å²) in [7, 11) is 0. The fourth-order valence-corrected chi connectivity index (χ4v) is 1.42. The van der Waals surface area contributed by atoms with Gasteiger partial charge in [0, 0.05) is 13.0 Å². The third kappa shape index (κ3) is 3.56. The van der Waals surface area contributed by atoms with Gasteiger partial charge in [0.1, 0.15) is 0 Å². The molecule has 0 aliphatic carbocycles. The van der Waals surface area contributed by atoms with Gasteiger partial charge in [-0.3, -0.25) is 0 Å². The summed E-state index contributed by atoms with van der Waals surface area (Å²) in [5.74, 6) is 6.23. The second-order valence-corrected chi connectivity index (χ2v) is 3.33. The molecule has 1 nitrogen and oxygen atoms in total. The summed E-state index contributed by atoms with van der Waals surface area (Å²) in [6.07, 6.45) is 0.936. The first-order valence-corrected chi connectivity index (χ1v) is 5.04. The van der Waals surface area contributed by atoms with Crippen LogP contribution in [0.2, 0.25) is 0 Å². The van der Waals surface area contributed by atoms with Gasteiger partial charge >= 0.3 is 0 Å². The summed E-state index contributed by atoms with van der Waals surface area (Å²) in [6, 6.07) is 4.07. The molecule has 0 aromatic carbocycles. The molecule has 0 fully saturated rings. The zero-order valence-corrected chi connectivity index (χ0v) is 8.08. The summed E-state index contributed by atoms with van der Waals surface area (Å²) in [4.78, 5) is 1.16.